The van der Waals surface area contributed by atoms with E-state index in [4.69, 9.17) is 10.5 Å². The Kier molecular flexibility index (Phi) is 4.66. The van der Waals surface area contributed by atoms with Gasteiger partial charge in [0.25, 0.3) is 0 Å². The molecule has 0 aliphatic carbocycles. The maximum Gasteiger partial charge on any atom is 0.222 e. The average Bonchev–Trinajstić information content (AvgIpc) is 3.10. The molecule has 0 amide bonds. The van der Waals surface area contributed by atoms with Crippen molar-refractivity contribution in [2.24, 2.45) is 0 Å². The molecule has 0 unspecified atom stereocenters. The van der Waals surface area contributed by atoms with E-state index in [2.05, 4.69) is 32.8 Å². The van der Waals surface area contributed by atoms with Gasteiger partial charge in [0, 0.05) is 27.1 Å². The topological polar surface area (TPSA) is 73.1 Å². The highest BCUT2D eigenvalue weighted by Crippen LogP contribution is 2.33. The molecule has 0 aliphatic heterocycles. The molecule has 0 saturated carbocycles. The molecule has 3 N–H and O–H groups in total. The van der Waals surface area contributed by atoms with E-state index in [0.29, 0.717) is 19.0 Å². The minimum Gasteiger partial charge on any atom is -0.492 e. The van der Waals surface area contributed by atoms with Gasteiger partial charge in [-0.15, -0.1) is 11.3 Å². The van der Waals surface area contributed by atoms with E-state index < -0.39 is 0 Å². The van der Waals surface area contributed by atoms with Gasteiger partial charge in [0.1, 0.15) is 18.2 Å². The van der Waals surface area contributed by atoms with Gasteiger partial charge in [-0.25, -0.2) is 4.98 Å². The number of fused-ring (bicyclic) bond motifs is 1. The van der Waals surface area contributed by atoms with Gasteiger partial charge in [0.15, 0.2) is 0 Å². The molecular weight excluding hydrogens is 344 g/mol. The molecule has 0 radical (unpaired) electrons. The summed E-state index contributed by atoms with van der Waals surface area (Å²) in [7, 11) is 0. The maximum atomic E-state index is 5.91. The minimum absolute atomic E-state index is 0.254. The van der Waals surface area contributed by atoms with Crippen molar-refractivity contribution in [3.8, 4) is 17.0 Å². The van der Waals surface area contributed by atoms with Crippen molar-refractivity contribution in [3.63, 3.8) is 0 Å². The third-order valence-corrected chi connectivity index (χ3v) is 4.88. The molecule has 5 nitrogen and oxygen atoms in total. The molecule has 0 spiro atoms. The molecule has 2 aromatic carbocycles. The lowest BCUT2D eigenvalue weighted by Crippen LogP contribution is -2.13. The van der Waals surface area contributed by atoms with Crippen LogP contribution in [0.25, 0.3) is 21.3 Å². The van der Waals surface area contributed by atoms with E-state index in [1.54, 1.807) is 11.3 Å². The second-order valence-corrected chi connectivity index (χ2v) is 6.64. The fourth-order valence-corrected chi connectivity index (χ4v) is 3.69. The maximum absolute atomic E-state index is 5.91. The summed E-state index contributed by atoms with van der Waals surface area (Å²) in [6.45, 7) is 1.15. The monoisotopic (exact) mass is 362 g/mol. The second kappa shape index (κ2) is 7.41. The lowest BCUT2D eigenvalue weighted by Gasteiger charge is -2.09. The van der Waals surface area contributed by atoms with Crippen molar-refractivity contribution in [1.29, 1.82) is 0 Å². The van der Waals surface area contributed by atoms with Crippen molar-refractivity contribution in [2.45, 2.75) is 0 Å². The number of nitrogens with two attached hydrogens (primary N) is 1. The number of thiophene rings is 1. The number of nitrogens with zero attached hydrogens (tertiary/aromatic N) is 2. The van der Waals surface area contributed by atoms with E-state index in [0.717, 1.165) is 17.0 Å². The summed E-state index contributed by atoms with van der Waals surface area (Å²) in [5, 5.41) is 6.53. The van der Waals surface area contributed by atoms with Crippen molar-refractivity contribution in [2.75, 3.05) is 24.2 Å². The van der Waals surface area contributed by atoms with Crippen molar-refractivity contribution in [3.05, 3.63) is 66.0 Å². The van der Waals surface area contributed by atoms with Crippen molar-refractivity contribution < 1.29 is 4.74 Å². The highest BCUT2D eigenvalue weighted by atomic mass is 32.1. The SMILES string of the molecule is Nc1nc(NCCOc2ccccc2)cc(-c2csc3ccccc23)n1. The van der Waals surface area contributed by atoms with Crippen LogP contribution in [0.4, 0.5) is 11.8 Å². The number of nitrogen functional groups attached to an aromatic ring is 1. The van der Waals surface area contributed by atoms with Crippen LogP contribution >= 0.6 is 11.3 Å². The summed E-state index contributed by atoms with van der Waals surface area (Å²) in [5.74, 6) is 1.80. The summed E-state index contributed by atoms with van der Waals surface area (Å²) in [4.78, 5) is 8.68. The molecule has 2 aromatic heterocycles. The van der Waals surface area contributed by atoms with Crippen molar-refractivity contribution in [1.82, 2.24) is 9.97 Å². The molecule has 130 valence electrons. The Morgan fingerprint density at radius 1 is 1.00 bits per heavy atom. The number of benzene rings is 2. The van der Waals surface area contributed by atoms with E-state index in [-0.39, 0.29) is 5.95 Å². The molecular formula is C20H18N4OS. The van der Waals surface area contributed by atoms with Crippen LogP contribution < -0.4 is 15.8 Å². The zero-order chi connectivity index (χ0) is 17.8. The lowest BCUT2D eigenvalue weighted by molar-refractivity contribution is 0.333. The third kappa shape index (κ3) is 3.60. The van der Waals surface area contributed by atoms with Gasteiger partial charge < -0.3 is 15.8 Å². The quantitative estimate of drug-likeness (QED) is 0.496. The summed E-state index contributed by atoms with van der Waals surface area (Å²) >= 11 is 1.70. The Morgan fingerprint density at radius 2 is 1.81 bits per heavy atom. The molecule has 0 aliphatic rings. The number of para-hydroxylation sites is 1. The number of hydrogen-bond donors (Lipinski definition) is 2. The van der Waals surface area contributed by atoms with Crippen LogP contribution in [0.1, 0.15) is 0 Å². The first-order valence-corrected chi connectivity index (χ1v) is 9.20. The Bertz CT molecular complexity index is 1020. The number of ether oxygens (including phenoxy) is 1. The molecule has 4 aromatic rings. The number of hydrogen-bond acceptors (Lipinski definition) is 6. The average molecular weight is 362 g/mol. The van der Waals surface area contributed by atoms with Gasteiger partial charge in [0.2, 0.25) is 5.95 Å². The largest absolute Gasteiger partial charge is 0.492 e. The Labute approximate surface area is 155 Å². The van der Waals surface area contributed by atoms with Gasteiger partial charge in [-0.2, -0.15) is 4.98 Å². The summed E-state index contributed by atoms with van der Waals surface area (Å²) in [5.41, 5.74) is 7.81. The van der Waals surface area contributed by atoms with Crippen LogP contribution in [-0.2, 0) is 0 Å². The van der Waals surface area contributed by atoms with E-state index in [1.165, 1.54) is 10.1 Å². The van der Waals surface area contributed by atoms with E-state index in [9.17, 15) is 0 Å². The smallest absolute Gasteiger partial charge is 0.222 e. The summed E-state index contributed by atoms with van der Waals surface area (Å²) < 4.78 is 6.91. The van der Waals surface area contributed by atoms with Crippen LogP contribution in [0, 0.1) is 0 Å². The predicted octanol–water partition coefficient (Wildman–Crippen LogP) is 4.43. The fraction of sp³-hybridized carbons (Fsp3) is 0.100. The molecule has 0 atom stereocenters. The number of rotatable bonds is 6. The van der Waals surface area contributed by atoms with E-state index >= 15 is 0 Å². The van der Waals surface area contributed by atoms with Crippen molar-refractivity contribution >= 4 is 33.2 Å². The molecule has 0 fully saturated rings. The highest BCUT2D eigenvalue weighted by molar-refractivity contribution is 7.17. The Morgan fingerprint density at radius 3 is 2.69 bits per heavy atom. The van der Waals surface area contributed by atoms with Crippen LogP contribution in [0.5, 0.6) is 5.75 Å². The first-order valence-electron chi connectivity index (χ1n) is 8.32. The zero-order valence-corrected chi connectivity index (χ0v) is 14.9. The molecule has 4 rings (SSSR count). The number of anilines is 2. The lowest BCUT2D eigenvalue weighted by atomic mass is 10.1. The molecule has 2 heterocycles. The molecule has 26 heavy (non-hydrogen) atoms. The normalized spacial score (nSPS) is 10.8. The summed E-state index contributed by atoms with van der Waals surface area (Å²) in [6, 6.07) is 19.9. The van der Waals surface area contributed by atoms with Gasteiger partial charge in [-0.1, -0.05) is 36.4 Å². The third-order valence-electron chi connectivity index (χ3n) is 3.92. The van der Waals surface area contributed by atoms with Gasteiger partial charge in [0.05, 0.1) is 12.2 Å². The highest BCUT2D eigenvalue weighted by Gasteiger charge is 2.10. The molecule has 6 heteroatoms. The zero-order valence-electron chi connectivity index (χ0n) is 14.1. The molecule has 0 saturated heterocycles. The number of nitrogens with one attached hydrogen (secondary N) is 1. The standard InChI is InChI=1S/C20H18N4OS/c21-20-23-17(16-13-26-18-9-5-4-8-15(16)18)12-19(24-20)22-10-11-25-14-6-2-1-3-7-14/h1-9,12-13H,10-11H2,(H3,21,22,23,24). The first kappa shape index (κ1) is 16.4. The van der Waals surface area contributed by atoms with Gasteiger partial charge in [-0.05, 0) is 18.2 Å². The predicted molar refractivity (Wildman–Crippen MR) is 108 cm³/mol. The van der Waals surface area contributed by atoms with E-state index in [1.807, 2.05) is 48.5 Å². The summed E-state index contributed by atoms with van der Waals surface area (Å²) in [6.07, 6.45) is 0. The van der Waals surface area contributed by atoms with Crippen LogP contribution in [0.2, 0.25) is 0 Å². The Balaban J connectivity index is 1.48. The fourth-order valence-electron chi connectivity index (χ4n) is 2.74. The second-order valence-electron chi connectivity index (χ2n) is 5.73. The van der Waals surface area contributed by atoms with Gasteiger partial charge >= 0.3 is 0 Å². The van der Waals surface area contributed by atoms with Gasteiger partial charge in [-0.3, -0.25) is 0 Å². The molecule has 0 bridgehead atoms. The van der Waals surface area contributed by atoms with Crippen LogP contribution in [0.15, 0.2) is 66.0 Å². The first-order chi connectivity index (χ1) is 12.8. The minimum atomic E-state index is 0.254. The van der Waals surface area contributed by atoms with Crippen LogP contribution in [-0.4, -0.2) is 23.1 Å². The Hall–Kier alpha value is -3.12. The van der Waals surface area contributed by atoms with Crippen LogP contribution in [0.3, 0.4) is 0 Å². The number of aromatic nitrogens is 2.